The van der Waals surface area contributed by atoms with Gasteiger partial charge in [-0.25, -0.2) is 8.42 Å². The highest BCUT2D eigenvalue weighted by molar-refractivity contribution is 7.92. The molecule has 1 N–H and O–H groups in total. The lowest BCUT2D eigenvalue weighted by atomic mass is 10.1. The molecule has 0 saturated heterocycles. The van der Waals surface area contributed by atoms with Crippen molar-refractivity contribution in [2.45, 2.75) is 57.5 Å². The minimum Gasteiger partial charge on any atom is -0.354 e. The van der Waals surface area contributed by atoms with Crippen LogP contribution >= 0.6 is 34.8 Å². The highest BCUT2D eigenvalue weighted by Gasteiger charge is 2.34. The van der Waals surface area contributed by atoms with Gasteiger partial charge in [-0.05, 0) is 61.7 Å². The van der Waals surface area contributed by atoms with E-state index < -0.39 is 28.5 Å². The first-order chi connectivity index (χ1) is 19.5. The van der Waals surface area contributed by atoms with Gasteiger partial charge >= 0.3 is 0 Å². The minimum atomic E-state index is -4.20. The number of benzene rings is 3. The van der Waals surface area contributed by atoms with Gasteiger partial charge in [-0.1, -0.05) is 85.4 Å². The van der Waals surface area contributed by atoms with Crippen LogP contribution in [0, 0.1) is 6.92 Å². The lowest BCUT2D eigenvalue weighted by Crippen LogP contribution is -2.52. The Bertz CT molecular complexity index is 1450. The third-order valence-electron chi connectivity index (χ3n) is 6.66. The van der Waals surface area contributed by atoms with Gasteiger partial charge in [0.25, 0.3) is 10.0 Å². The van der Waals surface area contributed by atoms with E-state index in [0.717, 1.165) is 22.7 Å². The molecule has 0 heterocycles. The standard InChI is InChI=1S/C30H34Cl3N3O4S/c1-4-6-17-34-30(38)28(5-2)35(19-24-25(31)13-10-14-26(24)32)29(37)20-36(22-16-15-21(3)27(33)18-22)41(39,40)23-11-8-7-9-12-23/h7-16,18,28H,4-6,17,19-20H2,1-3H3,(H,34,38)/t28-/m0/s1. The Balaban J connectivity index is 2.09. The van der Waals surface area contributed by atoms with Crippen LogP contribution in [0.15, 0.2) is 71.6 Å². The lowest BCUT2D eigenvalue weighted by molar-refractivity contribution is -0.140. The van der Waals surface area contributed by atoms with Crippen molar-refractivity contribution in [3.8, 4) is 0 Å². The Labute approximate surface area is 257 Å². The first kappa shape index (κ1) is 32.7. The molecule has 2 amide bonds. The zero-order chi connectivity index (χ0) is 30.2. The van der Waals surface area contributed by atoms with Crippen LogP contribution in [-0.2, 0) is 26.2 Å². The fourth-order valence-corrected chi connectivity index (χ4v) is 6.38. The number of nitrogens with one attached hydrogen (secondary N) is 1. The van der Waals surface area contributed by atoms with E-state index in [1.54, 1.807) is 62.4 Å². The van der Waals surface area contributed by atoms with Crippen LogP contribution in [0.4, 0.5) is 5.69 Å². The number of halogens is 3. The average Bonchev–Trinajstić information content (AvgIpc) is 2.95. The monoisotopic (exact) mass is 637 g/mol. The maximum atomic E-state index is 14.1. The van der Waals surface area contributed by atoms with Crippen LogP contribution in [0.3, 0.4) is 0 Å². The largest absolute Gasteiger partial charge is 0.354 e. The molecule has 11 heteroatoms. The van der Waals surface area contributed by atoms with E-state index in [9.17, 15) is 18.0 Å². The summed E-state index contributed by atoms with van der Waals surface area (Å²) < 4.78 is 28.8. The highest BCUT2D eigenvalue weighted by atomic mass is 35.5. The fourth-order valence-electron chi connectivity index (χ4n) is 4.26. The predicted molar refractivity (Wildman–Crippen MR) is 166 cm³/mol. The molecule has 41 heavy (non-hydrogen) atoms. The van der Waals surface area contributed by atoms with Crippen molar-refractivity contribution < 1.29 is 18.0 Å². The number of amides is 2. The maximum absolute atomic E-state index is 14.1. The van der Waals surface area contributed by atoms with Crippen molar-refractivity contribution in [2.24, 2.45) is 0 Å². The third kappa shape index (κ3) is 8.16. The van der Waals surface area contributed by atoms with Gasteiger partial charge < -0.3 is 10.2 Å². The van der Waals surface area contributed by atoms with E-state index in [2.05, 4.69) is 5.32 Å². The van der Waals surface area contributed by atoms with Gasteiger partial charge in [-0.3, -0.25) is 13.9 Å². The summed E-state index contributed by atoms with van der Waals surface area (Å²) in [5, 5.41) is 3.90. The fraction of sp³-hybridized carbons (Fsp3) is 0.333. The van der Waals surface area contributed by atoms with Gasteiger partial charge in [-0.2, -0.15) is 0 Å². The molecule has 0 aliphatic heterocycles. The summed E-state index contributed by atoms with van der Waals surface area (Å²) in [5.74, 6) is -0.942. The van der Waals surface area contributed by atoms with Gasteiger partial charge in [0.05, 0.1) is 10.6 Å². The second kappa shape index (κ2) is 14.9. The number of unbranched alkanes of at least 4 members (excludes halogenated alkanes) is 1. The molecule has 0 aromatic heterocycles. The Kier molecular flexibility index (Phi) is 11.9. The van der Waals surface area contributed by atoms with Crippen LogP contribution in [0.1, 0.15) is 44.2 Å². The molecule has 220 valence electrons. The van der Waals surface area contributed by atoms with Crippen molar-refractivity contribution in [1.29, 1.82) is 0 Å². The molecule has 0 fully saturated rings. The zero-order valence-corrected chi connectivity index (χ0v) is 26.3. The van der Waals surface area contributed by atoms with Gasteiger partial charge in [0, 0.05) is 33.7 Å². The Morgan fingerprint density at radius 3 is 2.15 bits per heavy atom. The molecule has 3 aromatic rings. The van der Waals surface area contributed by atoms with Crippen molar-refractivity contribution in [3.63, 3.8) is 0 Å². The van der Waals surface area contributed by atoms with E-state index in [1.807, 2.05) is 6.92 Å². The summed E-state index contributed by atoms with van der Waals surface area (Å²) in [5.41, 5.74) is 1.43. The average molecular weight is 639 g/mol. The topological polar surface area (TPSA) is 86.8 Å². The number of hydrogen-bond acceptors (Lipinski definition) is 4. The highest BCUT2D eigenvalue weighted by Crippen LogP contribution is 2.30. The maximum Gasteiger partial charge on any atom is 0.264 e. The summed E-state index contributed by atoms with van der Waals surface area (Å²) in [7, 11) is -4.20. The molecule has 0 aliphatic rings. The lowest BCUT2D eigenvalue weighted by Gasteiger charge is -2.33. The summed E-state index contributed by atoms with van der Waals surface area (Å²) in [4.78, 5) is 28.8. The summed E-state index contributed by atoms with van der Waals surface area (Å²) in [6.45, 7) is 5.37. The van der Waals surface area contributed by atoms with E-state index in [1.165, 1.54) is 23.1 Å². The molecule has 0 radical (unpaired) electrons. The Hall–Kier alpha value is -2.78. The molecule has 0 bridgehead atoms. The molecule has 3 aromatic carbocycles. The Morgan fingerprint density at radius 1 is 0.902 bits per heavy atom. The van der Waals surface area contributed by atoms with Gasteiger partial charge in [0.2, 0.25) is 11.8 Å². The van der Waals surface area contributed by atoms with Crippen LogP contribution < -0.4 is 9.62 Å². The quantitative estimate of drug-likeness (QED) is 0.207. The van der Waals surface area contributed by atoms with Crippen molar-refractivity contribution in [3.05, 3.63) is 92.9 Å². The minimum absolute atomic E-state index is 0.00884. The number of sulfonamides is 1. The second-order valence-corrected chi connectivity index (χ2v) is 12.6. The van der Waals surface area contributed by atoms with Gasteiger partial charge in [0.15, 0.2) is 0 Å². The number of anilines is 1. The molecule has 7 nitrogen and oxygen atoms in total. The van der Waals surface area contributed by atoms with Crippen molar-refractivity contribution in [2.75, 3.05) is 17.4 Å². The van der Waals surface area contributed by atoms with E-state index in [4.69, 9.17) is 34.8 Å². The van der Waals surface area contributed by atoms with Crippen LogP contribution in [0.2, 0.25) is 15.1 Å². The molecule has 3 rings (SSSR count). The predicted octanol–water partition coefficient (Wildman–Crippen LogP) is 6.87. The SMILES string of the molecule is CCCCNC(=O)[C@H](CC)N(Cc1c(Cl)cccc1Cl)C(=O)CN(c1ccc(C)c(Cl)c1)S(=O)(=O)c1ccccc1. The van der Waals surface area contributed by atoms with Crippen LogP contribution in [0.25, 0.3) is 0 Å². The number of nitrogens with zero attached hydrogens (tertiary/aromatic N) is 2. The third-order valence-corrected chi connectivity index (χ3v) is 9.56. The van der Waals surface area contributed by atoms with Gasteiger partial charge in [-0.15, -0.1) is 0 Å². The zero-order valence-electron chi connectivity index (χ0n) is 23.2. The molecule has 0 unspecified atom stereocenters. The number of carbonyl (C=O) groups excluding carboxylic acids is 2. The van der Waals surface area contributed by atoms with Crippen molar-refractivity contribution >= 4 is 62.3 Å². The van der Waals surface area contributed by atoms with Crippen LogP contribution in [0.5, 0.6) is 0 Å². The molecule has 1 atom stereocenters. The smallest absolute Gasteiger partial charge is 0.264 e. The van der Waals surface area contributed by atoms with Gasteiger partial charge in [0.1, 0.15) is 12.6 Å². The second-order valence-electron chi connectivity index (χ2n) is 9.55. The number of rotatable bonds is 13. The number of carbonyl (C=O) groups is 2. The first-order valence-corrected chi connectivity index (χ1v) is 15.9. The summed E-state index contributed by atoms with van der Waals surface area (Å²) in [6, 6.07) is 16.7. The van der Waals surface area contributed by atoms with E-state index in [-0.39, 0.29) is 29.5 Å². The molecular weight excluding hydrogens is 605 g/mol. The molecule has 0 spiro atoms. The first-order valence-electron chi connectivity index (χ1n) is 13.3. The summed E-state index contributed by atoms with van der Waals surface area (Å²) in [6.07, 6.45) is 1.96. The Morgan fingerprint density at radius 2 is 1.56 bits per heavy atom. The van der Waals surface area contributed by atoms with E-state index in [0.29, 0.717) is 27.2 Å². The molecule has 0 saturated carbocycles. The number of aryl methyl sites for hydroxylation is 1. The normalized spacial score (nSPS) is 12.0. The molecule has 0 aliphatic carbocycles. The van der Waals surface area contributed by atoms with E-state index >= 15 is 0 Å². The van der Waals surface area contributed by atoms with Crippen LogP contribution in [-0.4, -0.2) is 44.3 Å². The number of hydrogen-bond donors (Lipinski definition) is 1. The summed E-state index contributed by atoms with van der Waals surface area (Å²) >= 11 is 19.3. The van der Waals surface area contributed by atoms with Crippen molar-refractivity contribution in [1.82, 2.24) is 10.2 Å². The molecular formula is C30H34Cl3N3O4S.